The fourth-order valence-corrected chi connectivity index (χ4v) is 4.27. The molecule has 1 atom stereocenters. The summed E-state index contributed by atoms with van der Waals surface area (Å²) in [4.78, 5) is 35.7. The highest BCUT2D eigenvalue weighted by Crippen LogP contribution is 2.44. The Morgan fingerprint density at radius 2 is 1.60 bits per heavy atom. The zero-order valence-electron chi connectivity index (χ0n) is 19.2. The molecular weight excluding hydrogens is 448 g/mol. The summed E-state index contributed by atoms with van der Waals surface area (Å²) in [5.74, 6) is -2.07. The third kappa shape index (κ3) is 5.43. The smallest absolute Gasteiger partial charge is 0.407 e. The molecule has 0 aliphatic heterocycles. The summed E-state index contributed by atoms with van der Waals surface area (Å²) in [7, 11) is 0. The van der Waals surface area contributed by atoms with E-state index in [0.29, 0.717) is 0 Å². The Kier molecular flexibility index (Phi) is 7.01. The number of phenolic OH excluding ortho intramolecular Hbond substituents is 1. The molecule has 8 heteroatoms. The largest absolute Gasteiger partial charge is 0.506 e. The molecule has 0 bridgehead atoms. The van der Waals surface area contributed by atoms with Gasteiger partial charge < -0.3 is 25.6 Å². The average molecular weight is 475 g/mol. The van der Waals surface area contributed by atoms with Gasteiger partial charge in [0, 0.05) is 18.9 Å². The Morgan fingerprint density at radius 3 is 2.23 bits per heavy atom. The first kappa shape index (κ1) is 23.8. The lowest BCUT2D eigenvalue weighted by Crippen LogP contribution is -2.31. The van der Waals surface area contributed by atoms with E-state index in [0.717, 1.165) is 22.3 Å². The third-order valence-electron chi connectivity index (χ3n) is 5.99. The first-order chi connectivity index (χ1) is 16.8. The molecule has 1 aliphatic rings. The van der Waals surface area contributed by atoms with Crippen molar-refractivity contribution in [2.24, 2.45) is 5.92 Å². The number of hydrogen-bond acceptors (Lipinski definition) is 5. The number of carboxylic acid groups (broad SMARTS) is 1. The number of fused-ring (bicyclic) bond motifs is 3. The fourth-order valence-electron chi connectivity index (χ4n) is 4.27. The maximum Gasteiger partial charge on any atom is 0.407 e. The van der Waals surface area contributed by atoms with Crippen LogP contribution in [0.2, 0.25) is 0 Å². The number of anilines is 1. The van der Waals surface area contributed by atoms with Gasteiger partial charge in [0.25, 0.3) is 0 Å². The Balaban J connectivity index is 1.26. The molecule has 4 rings (SSSR count). The van der Waals surface area contributed by atoms with Crippen LogP contribution in [0.15, 0.2) is 66.7 Å². The van der Waals surface area contributed by atoms with Crippen molar-refractivity contribution in [3.8, 4) is 16.9 Å². The highest BCUT2D eigenvalue weighted by molar-refractivity contribution is 5.95. The van der Waals surface area contributed by atoms with Crippen molar-refractivity contribution in [1.82, 2.24) is 5.32 Å². The van der Waals surface area contributed by atoms with Gasteiger partial charge in [-0.1, -0.05) is 55.5 Å². The average Bonchev–Trinajstić information content (AvgIpc) is 3.16. The van der Waals surface area contributed by atoms with E-state index < -0.39 is 18.0 Å². The molecule has 4 N–H and O–H groups in total. The van der Waals surface area contributed by atoms with Crippen molar-refractivity contribution < 1.29 is 29.3 Å². The number of alkyl carbamates (subject to hydrolysis) is 1. The molecule has 0 radical (unpaired) electrons. The Morgan fingerprint density at radius 1 is 0.971 bits per heavy atom. The molecule has 0 saturated carbocycles. The number of rotatable bonds is 8. The van der Waals surface area contributed by atoms with Crippen molar-refractivity contribution in [3.63, 3.8) is 0 Å². The topological polar surface area (TPSA) is 125 Å². The standard InChI is InChI=1S/C27H26N2O6/c1-16(12-25(31)29-23-13-17(26(32)33)10-11-24(23)30)14-28-27(34)35-15-22-20-8-4-2-6-18(20)19-7-3-5-9-21(19)22/h2-11,13,16,22,30H,12,14-15H2,1H3,(H,28,34)(H,29,31)(H,32,33). The first-order valence-electron chi connectivity index (χ1n) is 11.3. The van der Waals surface area contributed by atoms with E-state index >= 15 is 0 Å². The van der Waals surface area contributed by atoms with Gasteiger partial charge in [-0.2, -0.15) is 0 Å². The fraction of sp³-hybridized carbons (Fsp3) is 0.222. The summed E-state index contributed by atoms with van der Waals surface area (Å²) in [6.45, 7) is 2.20. The lowest BCUT2D eigenvalue weighted by molar-refractivity contribution is -0.117. The predicted octanol–water partition coefficient (Wildman–Crippen LogP) is 4.59. The second kappa shape index (κ2) is 10.3. The van der Waals surface area contributed by atoms with Crippen LogP contribution in [0, 0.1) is 5.92 Å². The summed E-state index contributed by atoms with van der Waals surface area (Å²) in [5.41, 5.74) is 4.52. The number of phenols is 1. The van der Waals surface area contributed by atoms with Crippen molar-refractivity contribution in [2.75, 3.05) is 18.5 Å². The minimum atomic E-state index is -1.17. The van der Waals surface area contributed by atoms with Gasteiger partial charge in [-0.25, -0.2) is 9.59 Å². The van der Waals surface area contributed by atoms with Crippen molar-refractivity contribution in [1.29, 1.82) is 0 Å². The summed E-state index contributed by atoms with van der Waals surface area (Å²) in [5, 5.41) is 24.1. The first-order valence-corrected chi connectivity index (χ1v) is 11.3. The number of carboxylic acids is 1. The van der Waals surface area contributed by atoms with E-state index in [9.17, 15) is 19.5 Å². The summed E-state index contributed by atoms with van der Waals surface area (Å²) < 4.78 is 5.50. The van der Waals surface area contributed by atoms with Gasteiger partial charge in [-0.15, -0.1) is 0 Å². The van der Waals surface area contributed by atoms with Crippen molar-refractivity contribution in [3.05, 3.63) is 83.4 Å². The zero-order valence-corrected chi connectivity index (χ0v) is 19.2. The number of nitrogens with one attached hydrogen (secondary N) is 2. The number of amides is 2. The Labute approximate surface area is 202 Å². The normalized spacial score (nSPS) is 12.8. The molecule has 1 unspecified atom stereocenters. The molecule has 0 saturated heterocycles. The van der Waals surface area contributed by atoms with Crippen LogP contribution in [0.4, 0.5) is 10.5 Å². The number of aromatic carboxylic acids is 1. The molecule has 8 nitrogen and oxygen atoms in total. The lowest BCUT2D eigenvalue weighted by atomic mass is 9.98. The maximum absolute atomic E-state index is 12.3. The van der Waals surface area contributed by atoms with E-state index in [-0.39, 0.29) is 48.4 Å². The summed E-state index contributed by atoms with van der Waals surface area (Å²) in [6.07, 6.45) is -0.508. The molecule has 0 fully saturated rings. The molecule has 0 aromatic heterocycles. The summed E-state index contributed by atoms with van der Waals surface area (Å²) >= 11 is 0. The Hall–Kier alpha value is -4.33. The zero-order chi connectivity index (χ0) is 24.9. The van der Waals surface area contributed by atoms with Crippen LogP contribution in [-0.2, 0) is 9.53 Å². The van der Waals surface area contributed by atoms with Crippen LogP contribution in [-0.4, -0.2) is 41.3 Å². The third-order valence-corrected chi connectivity index (χ3v) is 5.99. The van der Waals surface area contributed by atoms with Crippen molar-refractivity contribution in [2.45, 2.75) is 19.3 Å². The van der Waals surface area contributed by atoms with Crippen LogP contribution in [0.3, 0.4) is 0 Å². The quantitative estimate of drug-likeness (QED) is 0.354. The van der Waals surface area contributed by atoms with E-state index in [1.165, 1.54) is 18.2 Å². The maximum atomic E-state index is 12.3. The van der Waals surface area contributed by atoms with E-state index in [1.54, 1.807) is 6.92 Å². The molecule has 35 heavy (non-hydrogen) atoms. The van der Waals surface area contributed by atoms with Crippen LogP contribution < -0.4 is 10.6 Å². The van der Waals surface area contributed by atoms with Crippen LogP contribution in [0.1, 0.15) is 40.7 Å². The molecule has 0 heterocycles. The van der Waals surface area contributed by atoms with Gasteiger partial charge in [-0.3, -0.25) is 4.79 Å². The minimum absolute atomic E-state index is 0.0200. The molecule has 180 valence electrons. The van der Waals surface area contributed by atoms with E-state index in [1.807, 2.05) is 36.4 Å². The highest BCUT2D eigenvalue weighted by Gasteiger charge is 2.29. The number of aromatic hydroxyl groups is 1. The van der Waals surface area contributed by atoms with Crippen molar-refractivity contribution >= 4 is 23.7 Å². The number of ether oxygens (including phenoxy) is 1. The second-order valence-corrected chi connectivity index (χ2v) is 8.60. The predicted molar refractivity (Wildman–Crippen MR) is 131 cm³/mol. The second-order valence-electron chi connectivity index (χ2n) is 8.60. The monoisotopic (exact) mass is 474 g/mol. The van der Waals surface area contributed by atoms with Crippen LogP contribution in [0.5, 0.6) is 5.75 Å². The number of benzene rings is 3. The summed E-state index contributed by atoms with van der Waals surface area (Å²) in [6, 6.07) is 19.8. The van der Waals surface area contributed by atoms with Gasteiger partial charge in [0.2, 0.25) is 5.91 Å². The van der Waals surface area contributed by atoms with E-state index in [4.69, 9.17) is 9.84 Å². The number of carbonyl (C=O) groups is 3. The lowest BCUT2D eigenvalue weighted by Gasteiger charge is -2.16. The van der Waals surface area contributed by atoms with E-state index in [2.05, 4.69) is 22.8 Å². The molecule has 0 spiro atoms. The van der Waals surface area contributed by atoms with Gasteiger partial charge in [0.15, 0.2) is 0 Å². The van der Waals surface area contributed by atoms with Gasteiger partial charge >= 0.3 is 12.1 Å². The Bertz CT molecular complexity index is 1230. The van der Waals surface area contributed by atoms with Crippen LogP contribution in [0.25, 0.3) is 11.1 Å². The SMILES string of the molecule is CC(CNC(=O)OCC1c2ccccc2-c2ccccc21)CC(=O)Nc1cc(C(=O)O)ccc1O. The molecule has 2 amide bonds. The highest BCUT2D eigenvalue weighted by atomic mass is 16.5. The molecule has 3 aromatic rings. The molecule has 1 aliphatic carbocycles. The number of hydrogen-bond donors (Lipinski definition) is 4. The van der Waals surface area contributed by atoms with Gasteiger partial charge in [-0.05, 0) is 46.4 Å². The number of carbonyl (C=O) groups excluding carboxylic acids is 2. The molecule has 3 aromatic carbocycles. The van der Waals surface area contributed by atoms with Gasteiger partial charge in [0.05, 0.1) is 11.3 Å². The van der Waals surface area contributed by atoms with Gasteiger partial charge in [0.1, 0.15) is 12.4 Å². The minimum Gasteiger partial charge on any atom is -0.506 e. The van der Waals surface area contributed by atoms with Crippen LogP contribution >= 0.6 is 0 Å². The molecular formula is C27H26N2O6.